The first-order valence-electron chi connectivity index (χ1n) is 22.4. The molecule has 8 aromatic rings. The molecule has 0 heterocycles. The molecule has 1 spiro atoms. The summed E-state index contributed by atoms with van der Waals surface area (Å²) >= 11 is 0. The Bertz CT molecular complexity index is 3010. The van der Waals surface area contributed by atoms with Crippen molar-refractivity contribution < 1.29 is 0 Å². The van der Waals surface area contributed by atoms with Crippen LogP contribution in [0.25, 0.3) is 55.3 Å². The van der Waals surface area contributed by atoms with Crippen LogP contribution in [-0.2, 0) is 10.8 Å². The smallest absolute Gasteiger partial charge is 0.0540 e. The first-order chi connectivity index (χ1) is 29.5. The number of nitrogens with zero attached hydrogens (tertiary/aromatic N) is 1. The van der Waals surface area contributed by atoms with E-state index in [2.05, 4.69) is 195 Å². The quantitative estimate of drug-likeness (QED) is 0.168. The van der Waals surface area contributed by atoms with E-state index in [1.807, 2.05) is 0 Å². The second-order valence-electron chi connectivity index (χ2n) is 19.2. The second-order valence-corrected chi connectivity index (χ2v) is 19.2. The van der Waals surface area contributed by atoms with Crippen molar-refractivity contribution >= 4 is 27.8 Å². The Balaban J connectivity index is 1.05. The number of benzene rings is 8. The van der Waals surface area contributed by atoms with Crippen LogP contribution in [0.3, 0.4) is 0 Å². The molecule has 0 unspecified atom stereocenters. The highest BCUT2D eigenvalue weighted by molar-refractivity contribution is 6.08. The molecule has 4 saturated carbocycles. The summed E-state index contributed by atoms with van der Waals surface area (Å²) in [7, 11) is 0. The highest BCUT2D eigenvalue weighted by Crippen LogP contribution is 2.70. The van der Waals surface area contributed by atoms with Crippen LogP contribution >= 0.6 is 0 Å². The average Bonchev–Trinajstić information content (AvgIpc) is 3.72. The Kier molecular flexibility index (Phi) is 7.32. The Morgan fingerprint density at radius 2 is 0.917 bits per heavy atom. The lowest BCUT2D eigenvalue weighted by Gasteiger charge is -2.61. The summed E-state index contributed by atoms with van der Waals surface area (Å²) in [6.07, 6.45) is 6.99. The second kappa shape index (κ2) is 12.7. The summed E-state index contributed by atoms with van der Waals surface area (Å²) in [4.78, 5) is 2.58. The molecule has 0 atom stereocenters. The van der Waals surface area contributed by atoms with E-state index in [0.29, 0.717) is 11.8 Å². The zero-order valence-corrected chi connectivity index (χ0v) is 34.5. The summed E-state index contributed by atoms with van der Waals surface area (Å²) in [6, 6.07) is 67.0. The Morgan fingerprint density at radius 3 is 1.68 bits per heavy atom. The van der Waals surface area contributed by atoms with E-state index < -0.39 is 0 Å². The highest BCUT2D eigenvalue weighted by atomic mass is 15.1. The van der Waals surface area contributed by atoms with Crippen molar-refractivity contribution in [2.45, 2.75) is 56.8 Å². The fourth-order valence-electron chi connectivity index (χ4n) is 14.0. The van der Waals surface area contributed by atoms with Crippen LogP contribution in [0.1, 0.15) is 68.2 Å². The van der Waals surface area contributed by atoms with Crippen molar-refractivity contribution in [3.63, 3.8) is 0 Å². The molecule has 8 aromatic carbocycles. The monoisotopic (exact) mass is 771 g/mol. The van der Waals surface area contributed by atoms with E-state index in [0.717, 1.165) is 17.5 Å². The van der Waals surface area contributed by atoms with E-state index in [1.54, 1.807) is 11.1 Å². The minimum Gasteiger partial charge on any atom is -0.310 e. The van der Waals surface area contributed by atoms with Gasteiger partial charge in [-0.1, -0.05) is 166 Å². The molecular formula is C59H49N. The van der Waals surface area contributed by atoms with Crippen LogP contribution in [0.5, 0.6) is 0 Å². The van der Waals surface area contributed by atoms with Crippen LogP contribution in [0.4, 0.5) is 17.1 Å². The largest absolute Gasteiger partial charge is 0.310 e. The Morgan fingerprint density at radius 1 is 0.400 bits per heavy atom. The van der Waals surface area contributed by atoms with Crippen molar-refractivity contribution in [2.75, 3.05) is 4.90 Å². The number of anilines is 3. The third-order valence-corrected chi connectivity index (χ3v) is 16.0. The van der Waals surface area contributed by atoms with Crippen LogP contribution in [0.2, 0.25) is 0 Å². The predicted molar refractivity (Wildman–Crippen MR) is 250 cm³/mol. The van der Waals surface area contributed by atoms with Gasteiger partial charge in [-0.2, -0.15) is 0 Å². The Labute approximate surface area is 354 Å². The third-order valence-electron chi connectivity index (χ3n) is 16.0. The third kappa shape index (κ3) is 4.64. The predicted octanol–water partition coefficient (Wildman–Crippen LogP) is 15.7. The average molecular weight is 772 g/mol. The molecule has 6 aliphatic rings. The molecule has 6 aliphatic carbocycles. The molecule has 290 valence electrons. The maximum Gasteiger partial charge on any atom is 0.0540 e. The van der Waals surface area contributed by atoms with Gasteiger partial charge in [0.05, 0.1) is 11.4 Å². The normalized spacial score (nSPS) is 23.4. The molecule has 0 N–H and O–H groups in total. The molecule has 14 rings (SSSR count). The van der Waals surface area contributed by atoms with Crippen LogP contribution < -0.4 is 4.90 Å². The molecule has 0 amide bonds. The van der Waals surface area contributed by atoms with E-state index in [-0.39, 0.29) is 10.8 Å². The van der Waals surface area contributed by atoms with Gasteiger partial charge in [-0.3, -0.25) is 0 Å². The minimum absolute atomic E-state index is 0.0881. The molecule has 4 bridgehead atoms. The van der Waals surface area contributed by atoms with Gasteiger partial charge < -0.3 is 4.90 Å². The molecule has 1 nitrogen and oxygen atoms in total. The summed E-state index contributed by atoms with van der Waals surface area (Å²) in [5, 5.41) is 2.59. The lowest BCUT2D eigenvalue weighted by Crippen LogP contribution is -2.55. The molecule has 1 heteroatoms. The van der Waals surface area contributed by atoms with Gasteiger partial charge in [0, 0.05) is 21.9 Å². The van der Waals surface area contributed by atoms with Gasteiger partial charge >= 0.3 is 0 Å². The van der Waals surface area contributed by atoms with Gasteiger partial charge in [-0.05, 0) is 152 Å². The standard InChI is InChI=1S/C59H49N/c1-58(2)52-27-8-6-19-46(52)51-26-14-30-55(57(51)58)60(43-18-10-17-40(36-43)39-15-4-3-5-16-39)54-29-13-22-44-45(21-11-23-48(44)54)49-24-12-25-50-47-20-7-9-28-53(47)59(56(49)50)41-32-37-31-38(34-41)35-42(59)33-37/h3-30,36-38,41-42H,31-35H2,1-2H3/t37-,38-,41-,42+,59?. The maximum absolute atomic E-state index is 2.58. The number of hydrogen-bond acceptors (Lipinski definition) is 1. The van der Waals surface area contributed by atoms with Crippen molar-refractivity contribution in [3.05, 3.63) is 198 Å². The van der Waals surface area contributed by atoms with Gasteiger partial charge in [0.15, 0.2) is 0 Å². The van der Waals surface area contributed by atoms with Gasteiger partial charge in [0.1, 0.15) is 0 Å². The van der Waals surface area contributed by atoms with Gasteiger partial charge in [0.2, 0.25) is 0 Å². The SMILES string of the molecule is CC1(C)c2ccccc2-c2cccc(N(c3cccc(-c4ccccc4)c3)c3cccc4c(-c5cccc6c5C5(c7ccccc7-6)[C@H]6C[C@H]7C[C@H](C6)C[C@H]5C7)cccc34)c21. The van der Waals surface area contributed by atoms with Crippen LogP contribution in [0, 0.1) is 23.7 Å². The number of rotatable bonds is 5. The van der Waals surface area contributed by atoms with Gasteiger partial charge in [-0.15, -0.1) is 0 Å². The first kappa shape index (κ1) is 34.7. The molecule has 0 aliphatic heterocycles. The minimum atomic E-state index is -0.180. The van der Waals surface area contributed by atoms with Crippen LogP contribution in [-0.4, -0.2) is 0 Å². The maximum atomic E-state index is 2.58. The fourth-order valence-corrected chi connectivity index (χ4v) is 14.0. The first-order valence-corrected chi connectivity index (χ1v) is 22.4. The fraction of sp³-hybridized carbons (Fsp3) is 0.220. The zero-order valence-electron chi connectivity index (χ0n) is 34.5. The van der Waals surface area contributed by atoms with E-state index in [4.69, 9.17) is 0 Å². The lowest BCUT2D eigenvalue weighted by molar-refractivity contribution is -0.0397. The van der Waals surface area contributed by atoms with E-state index >= 15 is 0 Å². The van der Waals surface area contributed by atoms with Gasteiger partial charge in [-0.25, -0.2) is 0 Å². The highest BCUT2D eigenvalue weighted by Gasteiger charge is 2.62. The zero-order chi connectivity index (χ0) is 39.7. The van der Waals surface area contributed by atoms with E-state index in [1.165, 1.54) is 110 Å². The summed E-state index contributed by atoms with van der Waals surface area (Å²) in [6.45, 7) is 4.82. The number of hydrogen-bond donors (Lipinski definition) is 0. The van der Waals surface area contributed by atoms with Crippen molar-refractivity contribution in [1.82, 2.24) is 0 Å². The molecule has 0 radical (unpaired) electrons. The van der Waals surface area contributed by atoms with Crippen molar-refractivity contribution in [2.24, 2.45) is 23.7 Å². The summed E-state index contributed by atoms with van der Waals surface area (Å²) in [5.74, 6) is 3.24. The molecule has 0 aromatic heterocycles. The van der Waals surface area contributed by atoms with Crippen LogP contribution in [0.15, 0.2) is 176 Å². The van der Waals surface area contributed by atoms with Gasteiger partial charge in [0.25, 0.3) is 0 Å². The Hall–Kier alpha value is -6.18. The summed E-state index contributed by atoms with van der Waals surface area (Å²) in [5.41, 5.74) is 20.4. The summed E-state index contributed by atoms with van der Waals surface area (Å²) < 4.78 is 0. The van der Waals surface area contributed by atoms with E-state index in [9.17, 15) is 0 Å². The number of fused-ring (bicyclic) bond motifs is 7. The molecular weight excluding hydrogens is 723 g/mol. The lowest BCUT2D eigenvalue weighted by atomic mass is 9.42. The molecule has 0 saturated heterocycles. The molecule has 60 heavy (non-hydrogen) atoms. The topological polar surface area (TPSA) is 3.24 Å². The van der Waals surface area contributed by atoms with Crippen molar-refractivity contribution in [3.8, 4) is 44.5 Å². The van der Waals surface area contributed by atoms with Crippen molar-refractivity contribution in [1.29, 1.82) is 0 Å². The molecule has 4 fully saturated rings.